The van der Waals surface area contributed by atoms with Crippen molar-refractivity contribution >= 4 is 22.4 Å². The molecule has 0 radical (unpaired) electrons. The lowest BCUT2D eigenvalue weighted by Gasteiger charge is -2.21. The quantitative estimate of drug-likeness (QED) is 0.806. The maximum Gasteiger partial charge on any atom is 0.322 e. The number of carbonyl (C=O) groups excluding carboxylic acids is 1. The SMILES string of the molecule is CCCCN(CCC)C(=O)Nc1cccs1. The van der Waals surface area contributed by atoms with Crippen LogP contribution in [0.5, 0.6) is 0 Å². The maximum atomic E-state index is 11.9. The summed E-state index contributed by atoms with van der Waals surface area (Å²) in [5.41, 5.74) is 0. The van der Waals surface area contributed by atoms with Gasteiger partial charge in [0.25, 0.3) is 0 Å². The minimum atomic E-state index is 0.0257. The van der Waals surface area contributed by atoms with Crippen LogP contribution < -0.4 is 5.32 Å². The highest BCUT2D eigenvalue weighted by Crippen LogP contribution is 2.15. The van der Waals surface area contributed by atoms with Crippen molar-refractivity contribution in [1.82, 2.24) is 4.90 Å². The highest BCUT2D eigenvalue weighted by Gasteiger charge is 2.11. The molecule has 0 saturated heterocycles. The van der Waals surface area contributed by atoms with Crippen LogP contribution in [-0.4, -0.2) is 24.0 Å². The third kappa shape index (κ3) is 4.23. The summed E-state index contributed by atoms with van der Waals surface area (Å²) < 4.78 is 0. The third-order valence-corrected chi connectivity index (χ3v) is 3.10. The summed E-state index contributed by atoms with van der Waals surface area (Å²) in [4.78, 5) is 13.8. The van der Waals surface area contributed by atoms with Crippen LogP contribution in [0.15, 0.2) is 17.5 Å². The first-order valence-electron chi connectivity index (χ1n) is 5.87. The fourth-order valence-electron chi connectivity index (χ4n) is 1.47. The lowest BCUT2D eigenvalue weighted by molar-refractivity contribution is 0.211. The van der Waals surface area contributed by atoms with Gasteiger partial charge in [-0.25, -0.2) is 4.79 Å². The van der Waals surface area contributed by atoms with Crippen LogP contribution in [0.1, 0.15) is 33.1 Å². The second-order valence-electron chi connectivity index (χ2n) is 3.75. The van der Waals surface area contributed by atoms with Gasteiger partial charge in [-0.05, 0) is 30.4 Å². The van der Waals surface area contributed by atoms with E-state index in [4.69, 9.17) is 0 Å². The number of hydrogen-bond donors (Lipinski definition) is 1. The first-order valence-corrected chi connectivity index (χ1v) is 6.75. The summed E-state index contributed by atoms with van der Waals surface area (Å²) >= 11 is 1.55. The first kappa shape index (κ1) is 13.0. The zero-order chi connectivity index (χ0) is 11.8. The Morgan fingerprint density at radius 1 is 1.38 bits per heavy atom. The number of rotatable bonds is 6. The molecule has 1 aromatic rings. The van der Waals surface area contributed by atoms with Gasteiger partial charge >= 0.3 is 6.03 Å². The van der Waals surface area contributed by atoms with Crippen molar-refractivity contribution in [2.45, 2.75) is 33.1 Å². The molecule has 0 bridgehead atoms. The predicted octanol–water partition coefficient (Wildman–Crippen LogP) is 3.79. The van der Waals surface area contributed by atoms with E-state index in [0.717, 1.165) is 37.4 Å². The number of urea groups is 1. The van der Waals surface area contributed by atoms with E-state index in [-0.39, 0.29) is 6.03 Å². The molecule has 0 aliphatic carbocycles. The van der Waals surface area contributed by atoms with Crippen molar-refractivity contribution < 1.29 is 4.79 Å². The highest BCUT2D eigenvalue weighted by molar-refractivity contribution is 7.14. The van der Waals surface area contributed by atoms with Crippen molar-refractivity contribution in [2.24, 2.45) is 0 Å². The van der Waals surface area contributed by atoms with E-state index < -0.39 is 0 Å². The molecule has 2 amide bonds. The highest BCUT2D eigenvalue weighted by atomic mass is 32.1. The predicted molar refractivity (Wildman–Crippen MR) is 70.1 cm³/mol. The van der Waals surface area contributed by atoms with E-state index in [1.807, 2.05) is 22.4 Å². The van der Waals surface area contributed by atoms with Gasteiger partial charge in [0.1, 0.15) is 0 Å². The Bertz CT molecular complexity index is 298. The Hall–Kier alpha value is -1.03. The standard InChI is InChI=1S/C12H20N2OS/c1-3-5-9-14(8-4-2)12(15)13-11-7-6-10-16-11/h6-7,10H,3-5,8-9H2,1-2H3,(H,13,15). The van der Waals surface area contributed by atoms with Gasteiger partial charge in [0.05, 0.1) is 5.00 Å². The Morgan fingerprint density at radius 3 is 2.75 bits per heavy atom. The number of anilines is 1. The Kier molecular flexibility index (Phi) is 5.93. The summed E-state index contributed by atoms with van der Waals surface area (Å²) in [6, 6.07) is 3.89. The molecule has 1 N–H and O–H groups in total. The maximum absolute atomic E-state index is 11.9. The van der Waals surface area contributed by atoms with Crippen molar-refractivity contribution in [2.75, 3.05) is 18.4 Å². The van der Waals surface area contributed by atoms with E-state index in [0.29, 0.717) is 0 Å². The van der Waals surface area contributed by atoms with E-state index in [1.165, 1.54) is 0 Å². The molecule has 0 saturated carbocycles. The van der Waals surface area contributed by atoms with E-state index >= 15 is 0 Å². The molecular formula is C12H20N2OS. The van der Waals surface area contributed by atoms with Crippen molar-refractivity contribution in [1.29, 1.82) is 0 Å². The lowest BCUT2D eigenvalue weighted by Crippen LogP contribution is -2.36. The summed E-state index contributed by atoms with van der Waals surface area (Å²) in [6.45, 7) is 5.91. The molecular weight excluding hydrogens is 220 g/mol. The van der Waals surface area contributed by atoms with Gasteiger partial charge in [-0.2, -0.15) is 0 Å². The average Bonchev–Trinajstić information content (AvgIpc) is 2.76. The minimum absolute atomic E-state index is 0.0257. The monoisotopic (exact) mass is 240 g/mol. The minimum Gasteiger partial charge on any atom is -0.325 e. The van der Waals surface area contributed by atoms with E-state index in [9.17, 15) is 4.79 Å². The van der Waals surface area contributed by atoms with Crippen LogP contribution in [0, 0.1) is 0 Å². The zero-order valence-electron chi connectivity index (χ0n) is 10.0. The van der Waals surface area contributed by atoms with Crippen molar-refractivity contribution in [3.8, 4) is 0 Å². The van der Waals surface area contributed by atoms with Gasteiger partial charge in [-0.1, -0.05) is 20.3 Å². The lowest BCUT2D eigenvalue weighted by atomic mass is 10.3. The van der Waals surface area contributed by atoms with Crippen LogP contribution in [0.3, 0.4) is 0 Å². The van der Waals surface area contributed by atoms with Gasteiger partial charge in [0, 0.05) is 13.1 Å². The number of unbranched alkanes of at least 4 members (excludes halogenated alkanes) is 1. The number of nitrogens with one attached hydrogen (secondary N) is 1. The van der Waals surface area contributed by atoms with Gasteiger partial charge < -0.3 is 4.90 Å². The molecule has 1 aromatic heterocycles. The molecule has 4 heteroatoms. The number of hydrogen-bond acceptors (Lipinski definition) is 2. The summed E-state index contributed by atoms with van der Waals surface area (Å²) in [7, 11) is 0. The molecule has 0 aliphatic heterocycles. The van der Waals surface area contributed by atoms with Crippen LogP contribution in [0.25, 0.3) is 0 Å². The van der Waals surface area contributed by atoms with Crippen LogP contribution >= 0.6 is 11.3 Å². The normalized spacial score (nSPS) is 10.1. The van der Waals surface area contributed by atoms with Crippen molar-refractivity contribution in [3.05, 3.63) is 17.5 Å². The second kappa shape index (κ2) is 7.28. The van der Waals surface area contributed by atoms with Crippen LogP contribution in [0.2, 0.25) is 0 Å². The van der Waals surface area contributed by atoms with Gasteiger partial charge in [0.15, 0.2) is 0 Å². The molecule has 90 valence electrons. The summed E-state index contributed by atoms with van der Waals surface area (Å²) in [5, 5.41) is 5.80. The molecule has 0 unspecified atom stereocenters. The molecule has 0 aromatic carbocycles. The topological polar surface area (TPSA) is 32.3 Å². The third-order valence-electron chi connectivity index (χ3n) is 2.31. The zero-order valence-corrected chi connectivity index (χ0v) is 10.8. The molecule has 0 spiro atoms. The molecule has 3 nitrogen and oxygen atoms in total. The second-order valence-corrected chi connectivity index (χ2v) is 4.70. The summed E-state index contributed by atoms with van der Waals surface area (Å²) in [5.74, 6) is 0. The number of nitrogens with zero attached hydrogens (tertiary/aromatic N) is 1. The van der Waals surface area contributed by atoms with Crippen LogP contribution in [0.4, 0.5) is 9.80 Å². The van der Waals surface area contributed by atoms with Gasteiger partial charge in [-0.15, -0.1) is 11.3 Å². The largest absolute Gasteiger partial charge is 0.325 e. The summed E-state index contributed by atoms with van der Waals surface area (Å²) in [6.07, 6.45) is 3.19. The Balaban J connectivity index is 2.46. The Labute approximate surface area is 101 Å². The number of amides is 2. The van der Waals surface area contributed by atoms with Gasteiger partial charge in [0.2, 0.25) is 0 Å². The number of carbonyl (C=O) groups is 1. The average molecular weight is 240 g/mol. The molecule has 0 aliphatic rings. The molecule has 0 atom stereocenters. The first-order chi connectivity index (χ1) is 7.77. The molecule has 16 heavy (non-hydrogen) atoms. The fraction of sp³-hybridized carbons (Fsp3) is 0.583. The molecule has 1 rings (SSSR count). The fourth-order valence-corrected chi connectivity index (χ4v) is 2.08. The Morgan fingerprint density at radius 2 is 2.19 bits per heavy atom. The van der Waals surface area contributed by atoms with Gasteiger partial charge in [-0.3, -0.25) is 5.32 Å². The molecule has 1 heterocycles. The van der Waals surface area contributed by atoms with E-state index in [1.54, 1.807) is 11.3 Å². The smallest absolute Gasteiger partial charge is 0.322 e. The molecule has 0 fully saturated rings. The van der Waals surface area contributed by atoms with E-state index in [2.05, 4.69) is 19.2 Å². The van der Waals surface area contributed by atoms with Crippen LogP contribution in [-0.2, 0) is 0 Å². The van der Waals surface area contributed by atoms with Crippen molar-refractivity contribution in [3.63, 3.8) is 0 Å². The number of thiophene rings is 1.